The number of ketones is 1. The molecule has 0 saturated heterocycles. The van der Waals surface area contributed by atoms with Gasteiger partial charge in [0.1, 0.15) is 41.1 Å². The zero-order valence-corrected chi connectivity index (χ0v) is 53.1. The molecule has 3 aromatic carbocycles. The van der Waals surface area contributed by atoms with Crippen LogP contribution in [0.15, 0.2) is 66.7 Å². The molecule has 0 aliphatic heterocycles. The summed E-state index contributed by atoms with van der Waals surface area (Å²) in [5.41, 5.74) is 7.19. The molecule has 0 aliphatic rings. The molecule has 0 heterocycles. The molecule has 0 radical (unpaired) electrons. The first-order valence-corrected chi connectivity index (χ1v) is 27.9. The number of anilines is 2. The van der Waals surface area contributed by atoms with Gasteiger partial charge in [0.25, 0.3) is 0 Å². The lowest BCUT2D eigenvalue weighted by Crippen LogP contribution is -2.46. The van der Waals surface area contributed by atoms with Crippen LogP contribution >= 0.6 is 0 Å². The lowest BCUT2D eigenvalue weighted by atomic mass is 9.78. The third-order valence-corrected chi connectivity index (χ3v) is 12.8. The average molecular weight is 1210 g/mol. The molecule has 0 fully saturated rings. The number of hydrogen-bond donors (Lipinski definition) is 10. The molecule has 6 atom stereocenters. The van der Waals surface area contributed by atoms with E-state index in [1.165, 1.54) is 19.1 Å². The van der Waals surface area contributed by atoms with Crippen molar-refractivity contribution in [1.29, 1.82) is 0 Å². The summed E-state index contributed by atoms with van der Waals surface area (Å²) in [5, 5.41) is 43.7. The predicted octanol–water partition coefficient (Wildman–Crippen LogP) is 8.25. The molecule has 24 heteroatoms. The van der Waals surface area contributed by atoms with Gasteiger partial charge in [-0.05, 0) is 145 Å². The summed E-state index contributed by atoms with van der Waals surface area (Å²) in [4.78, 5) is 119. The summed E-state index contributed by atoms with van der Waals surface area (Å²) in [6.07, 6.45) is 1.10. The third kappa shape index (κ3) is 37.2. The van der Waals surface area contributed by atoms with E-state index in [0.717, 1.165) is 30.2 Å². The smallest absolute Gasteiger partial charge is 0.408 e. The van der Waals surface area contributed by atoms with Crippen LogP contribution < -0.4 is 37.6 Å². The maximum absolute atomic E-state index is 12.6. The monoisotopic (exact) mass is 1210 g/mol. The largest absolute Gasteiger partial charge is 0.506 e. The van der Waals surface area contributed by atoms with Crippen LogP contribution in [0.25, 0.3) is 0 Å². The van der Waals surface area contributed by atoms with Crippen molar-refractivity contribution < 1.29 is 82.3 Å². The first-order valence-electron chi connectivity index (χ1n) is 27.9. The van der Waals surface area contributed by atoms with Gasteiger partial charge in [0.2, 0.25) is 17.7 Å². The van der Waals surface area contributed by atoms with Crippen LogP contribution in [0, 0.1) is 22.7 Å². The van der Waals surface area contributed by atoms with E-state index in [0.29, 0.717) is 25.2 Å². The van der Waals surface area contributed by atoms with Gasteiger partial charge in [0.05, 0.1) is 24.0 Å². The first-order chi connectivity index (χ1) is 39.7. The average Bonchev–Trinajstić information content (AvgIpc) is 3.60. The van der Waals surface area contributed by atoms with Crippen LogP contribution in [0.5, 0.6) is 11.5 Å². The van der Waals surface area contributed by atoms with Crippen LogP contribution in [-0.2, 0) is 72.0 Å². The number of nitrogens with two attached hydrogens (primary N) is 1. The Morgan fingerprint density at radius 1 is 0.547 bits per heavy atom. The van der Waals surface area contributed by atoms with E-state index in [9.17, 15) is 43.8 Å². The minimum Gasteiger partial charge on any atom is -0.506 e. The number of rotatable bonds is 22. The second-order valence-electron chi connectivity index (χ2n) is 24.5. The van der Waals surface area contributed by atoms with Crippen molar-refractivity contribution in [2.45, 2.75) is 191 Å². The van der Waals surface area contributed by atoms with Gasteiger partial charge >= 0.3 is 30.6 Å². The maximum Gasteiger partial charge on any atom is 0.408 e. The number of nitrogens with one attached hydrogen (secondary N) is 6. The number of carbonyl (C=O) groups is 7. The molecule has 3 rings (SSSR count). The molecule has 86 heavy (non-hydrogen) atoms. The van der Waals surface area contributed by atoms with E-state index in [2.05, 4.69) is 87.3 Å². The van der Waals surface area contributed by atoms with Crippen molar-refractivity contribution in [2.24, 2.45) is 28.4 Å². The van der Waals surface area contributed by atoms with E-state index >= 15 is 0 Å². The second kappa shape index (κ2) is 39.4. The molecule has 24 nitrogen and oxygen atoms in total. The van der Waals surface area contributed by atoms with Gasteiger partial charge in [-0.2, -0.15) is 19.2 Å². The van der Waals surface area contributed by atoms with Gasteiger partial charge in [-0.25, -0.2) is 14.4 Å². The normalized spacial score (nSPS) is 13.0. The summed E-state index contributed by atoms with van der Waals surface area (Å²) in [6.45, 7) is 30.7. The number of phenols is 2. The molecule has 3 aromatic rings. The lowest BCUT2D eigenvalue weighted by molar-refractivity contribution is -0.193. The molecule has 6 amide bonds. The van der Waals surface area contributed by atoms with Crippen molar-refractivity contribution in [3.05, 3.63) is 83.4 Å². The molecular formula is C62H95N7O17. The summed E-state index contributed by atoms with van der Waals surface area (Å²) in [7, 11) is 1.00. The Morgan fingerprint density at radius 2 is 0.942 bits per heavy atom. The Hall–Kier alpha value is -8.17. The van der Waals surface area contributed by atoms with E-state index in [-0.39, 0.29) is 102 Å². The van der Waals surface area contributed by atoms with Gasteiger partial charge in [-0.1, -0.05) is 97.9 Å². The van der Waals surface area contributed by atoms with E-state index < -0.39 is 53.4 Å². The molecular weight excluding hydrogens is 1110 g/mol. The summed E-state index contributed by atoms with van der Waals surface area (Å²) in [5.74, 6) is -1.38. The summed E-state index contributed by atoms with van der Waals surface area (Å²) < 4.78 is 16.0. The van der Waals surface area contributed by atoms with Crippen molar-refractivity contribution in [3.8, 4) is 11.5 Å². The number of ether oxygens (including phenoxy) is 3. The van der Waals surface area contributed by atoms with Crippen LogP contribution in [-0.4, -0.2) is 118 Å². The second-order valence-corrected chi connectivity index (χ2v) is 24.5. The molecule has 0 aliphatic carbocycles. The van der Waals surface area contributed by atoms with Crippen molar-refractivity contribution in [2.75, 3.05) is 24.3 Å². The van der Waals surface area contributed by atoms with Gasteiger partial charge in [-0.15, -0.1) is 0 Å². The Kier molecular flexibility index (Phi) is 36.6. The number of benzene rings is 3. The Balaban J connectivity index is 0. The van der Waals surface area contributed by atoms with Gasteiger partial charge in [0.15, 0.2) is 0 Å². The van der Waals surface area contributed by atoms with Crippen LogP contribution in [0.3, 0.4) is 0 Å². The van der Waals surface area contributed by atoms with Crippen LogP contribution in [0.1, 0.15) is 153 Å². The summed E-state index contributed by atoms with van der Waals surface area (Å²) in [6, 6.07) is 16.9. The number of phenolic OH excluding ortho intramolecular Hbond substituents is 2. The van der Waals surface area contributed by atoms with Gasteiger partial charge in [0, 0.05) is 32.0 Å². The van der Waals surface area contributed by atoms with Gasteiger partial charge in [-0.3, -0.25) is 19.2 Å². The quantitative estimate of drug-likeness (QED) is 0.0334. The van der Waals surface area contributed by atoms with Crippen molar-refractivity contribution in [3.63, 3.8) is 0 Å². The molecule has 11 N–H and O–H groups in total. The highest BCUT2D eigenvalue weighted by molar-refractivity contribution is 5.97. The fourth-order valence-electron chi connectivity index (χ4n) is 7.28. The molecule has 0 aromatic heterocycles. The standard InChI is InChI=1S/C33H48N4O7.C26H43N3O5.2CO2.CH4O/c1-21(32(3,4)5)16-25(36-31(42)44-33(6,7)8)17-24-14-15-27(38)26(18-24)37-28(39)19-34-29(40)22(2)35-30(41)43-20-23-12-10-9-11-13-23;1-16(25(3,4)5)13-19(28-24(33)34-26(6,7)8)14-18-9-10-22(31)20(15-18)29-23(32)12-11-21(30)17(2)27;2*2-1-3;1-2/h9-15,18,21-22,25,38H,16-17,19-20H2,1-8H3,(H,34,40)(H,35,41)(H,36,42)(H,37,39);9-10,15-17,19,31H,11-14,27H2,1-8H3,(H,28,33)(H,29,32);;;2H,1H3/t21?,22?,25-;16?,17?,19-;;;/m11.../s1. The lowest BCUT2D eigenvalue weighted by Gasteiger charge is -2.32. The minimum atomic E-state index is -0.951. The topological polar surface area (TPSA) is 374 Å². The predicted molar refractivity (Wildman–Crippen MR) is 322 cm³/mol. The van der Waals surface area contributed by atoms with E-state index in [1.807, 2.05) is 51.1 Å². The zero-order valence-electron chi connectivity index (χ0n) is 53.1. The number of amides is 6. The van der Waals surface area contributed by atoms with Crippen LogP contribution in [0.2, 0.25) is 0 Å². The number of hydrogen-bond acceptors (Lipinski definition) is 18. The number of carbonyl (C=O) groups excluding carboxylic acids is 11. The SMILES string of the molecule is CC(N)C(=O)CCC(=O)Nc1cc(C[C@@H](CC(C)C(C)(C)C)NC(=O)OC(C)(C)C)ccc1O.CC(NC(=O)OCc1ccccc1)C(=O)NCC(=O)Nc1cc(C[C@@H](CC(C)C(C)(C)C)NC(=O)OC(C)(C)C)ccc1O.CO.O=C=O.O=C=O. The zero-order chi connectivity index (χ0) is 66.8. The number of aromatic hydroxyl groups is 2. The Labute approximate surface area is 506 Å². The molecule has 4 unspecified atom stereocenters. The Bertz CT molecular complexity index is 2650. The van der Waals surface area contributed by atoms with E-state index in [4.69, 9.17) is 44.2 Å². The molecule has 0 bridgehead atoms. The molecule has 480 valence electrons. The van der Waals surface area contributed by atoms with Gasteiger partial charge < -0.3 is 67.2 Å². The molecule has 0 saturated carbocycles. The fourth-order valence-corrected chi connectivity index (χ4v) is 7.28. The highest BCUT2D eigenvalue weighted by Gasteiger charge is 2.29. The minimum absolute atomic E-state index is 0.0158. The first kappa shape index (κ1) is 79.9. The number of aliphatic hydroxyl groups is 1. The summed E-state index contributed by atoms with van der Waals surface area (Å²) >= 11 is 0. The molecule has 0 spiro atoms. The van der Waals surface area contributed by atoms with Crippen molar-refractivity contribution in [1.82, 2.24) is 21.3 Å². The third-order valence-electron chi connectivity index (χ3n) is 12.8. The fraction of sp³-hybridized carbons (Fsp3) is 0.565. The maximum atomic E-state index is 12.6. The van der Waals surface area contributed by atoms with Crippen LogP contribution in [0.4, 0.5) is 25.8 Å². The highest BCUT2D eigenvalue weighted by Crippen LogP contribution is 2.33. The number of aliphatic hydroxyl groups excluding tert-OH is 1. The highest BCUT2D eigenvalue weighted by atomic mass is 16.6. The van der Waals surface area contributed by atoms with Crippen molar-refractivity contribution >= 4 is 65.5 Å². The number of Topliss-reactive ketones (excluding diaryl/α,β-unsaturated/α-hetero) is 1. The Morgan fingerprint density at radius 3 is 1.31 bits per heavy atom. The number of alkyl carbamates (subject to hydrolysis) is 3. The van der Waals surface area contributed by atoms with E-state index in [1.54, 1.807) is 52.0 Å².